The average molecular weight is 235 g/mol. The zero-order valence-corrected chi connectivity index (χ0v) is 6.55. The molecule has 0 aromatic heterocycles. The minimum Gasteiger partial charge on any atom is -1.00 e. The quantitative estimate of drug-likeness (QED) is 0.409. The second kappa shape index (κ2) is 27.2. The number of halogens is 2. The third-order valence-corrected chi connectivity index (χ3v) is 0.125. The molecule has 0 aliphatic heterocycles. The molecule has 7 heavy (non-hydrogen) atoms. The summed E-state index contributed by atoms with van der Waals surface area (Å²) in [6.45, 7) is 0.472. The van der Waals surface area contributed by atoms with E-state index in [1.54, 1.807) is 0 Å². The second-order valence-corrected chi connectivity index (χ2v) is 0.500. The summed E-state index contributed by atoms with van der Waals surface area (Å²) in [6, 6.07) is 0. The minimum atomic E-state index is 0. The molecule has 0 rings (SSSR count). The van der Waals surface area contributed by atoms with Crippen molar-refractivity contribution in [1.82, 2.24) is 0 Å². The maximum absolute atomic E-state index is 6.26. The van der Waals surface area contributed by atoms with E-state index in [-0.39, 0.29) is 58.3 Å². The Bertz CT molecular complexity index is 15.7. The summed E-state index contributed by atoms with van der Waals surface area (Å²) in [5, 5.41) is 0. The van der Waals surface area contributed by atoms with Crippen molar-refractivity contribution in [3.8, 4) is 0 Å². The van der Waals surface area contributed by atoms with Crippen molar-refractivity contribution < 1.29 is 45.2 Å². The van der Waals surface area contributed by atoms with E-state index in [0.29, 0.717) is 0 Å². The first-order chi connectivity index (χ1) is 1.91. The summed E-state index contributed by atoms with van der Waals surface area (Å²) in [6.07, 6.45) is 0. The van der Waals surface area contributed by atoms with Crippen LogP contribution < -0.4 is 24.8 Å². The molecule has 0 fully saturated rings. The fourth-order valence-electron chi connectivity index (χ4n) is 0. The maximum atomic E-state index is 6.26. The molecule has 0 heterocycles. The fraction of sp³-hybridized carbons (Fsp3) is 1.00. The Hall–Kier alpha value is 1.16. The van der Waals surface area contributed by atoms with E-state index >= 15 is 0 Å². The van der Waals surface area contributed by atoms with Crippen molar-refractivity contribution in [3.05, 3.63) is 11.5 Å². The van der Waals surface area contributed by atoms with Gasteiger partial charge in [-0.05, 0) is 0 Å². The van der Waals surface area contributed by atoms with Crippen LogP contribution in [0, 0.1) is 0 Å². The van der Waals surface area contributed by atoms with Crippen LogP contribution in [0.4, 0.5) is 0 Å². The van der Waals surface area contributed by atoms with Crippen LogP contribution in [0.3, 0.4) is 0 Å². The van der Waals surface area contributed by atoms with E-state index in [2.05, 4.69) is 0 Å². The van der Waals surface area contributed by atoms with Crippen molar-refractivity contribution in [2.24, 2.45) is 0 Å². The minimum absolute atomic E-state index is 0. The Morgan fingerprint density at radius 1 is 0.857 bits per heavy atom. The Labute approximate surface area is 69.9 Å². The molecule has 0 aromatic rings. The van der Waals surface area contributed by atoms with E-state index in [9.17, 15) is 0 Å². The maximum Gasteiger partial charge on any atom is 0 e. The summed E-state index contributed by atoms with van der Waals surface area (Å²) in [5.74, 6) is 0. The van der Waals surface area contributed by atoms with E-state index in [1.807, 2.05) is 0 Å². The SMILES string of the molecule is [Cl-].[Cl-].[NH-]CC[NH-].[Pd]. The average Bonchev–Trinajstić information content (AvgIpc) is 1.37. The van der Waals surface area contributed by atoms with Crippen LogP contribution in [0.5, 0.6) is 0 Å². The van der Waals surface area contributed by atoms with Crippen molar-refractivity contribution in [2.75, 3.05) is 13.1 Å². The second-order valence-electron chi connectivity index (χ2n) is 0.500. The van der Waals surface area contributed by atoms with Gasteiger partial charge in [-0.2, -0.15) is 13.1 Å². The molecular formula is C2H6Cl2N2Pd-4. The van der Waals surface area contributed by atoms with Gasteiger partial charge in [-0.3, -0.25) is 0 Å². The van der Waals surface area contributed by atoms with E-state index in [4.69, 9.17) is 11.5 Å². The predicted octanol–water partition coefficient (Wildman–Crippen LogP) is -4.90. The van der Waals surface area contributed by atoms with Gasteiger partial charge < -0.3 is 36.3 Å². The molecule has 0 amide bonds. The van der Waals surface area contributed by atoms with Gasteiger partial charge >= 0.3 is 0 Å². The van der Waals surface area contributed by atoms with Gasteiger partial charge in [0.05, 0.1) is 0 Å². The largest absolute Gasteiger partial charge is 1.00 e. The Morgan fingerprint density at radius 2 is 1.00 bits per heavy atom. The van der Waals surface area contributed by atoms with Crippen LogP contribution in [0.2, 0.25) is 0 Å². The molecule has 0 radical (unpaired) electrons. The summed E-state index contributed by atoms with van der Waals surface area (Å²) < 4.78 is 0. The molecule has 0 spiro atoms. The number of hydrogen-bond acceptors (Lipinski definition) is 0. The summed E-state index contributed by atoms with van der Waals surface area (Å²) >= 11 is 0. The van der Waals surface area contributed by atoms with Crippen LogP contribution in [-0.2, 0) is 20.4 Å². The van der Waals surface area contributed by atoms with Crippen molar-refractivity contribution >= 4 is 0 Å². The zero-order chi connectivity index (χ0) is 3.41. The van der Waals surface area contributed by atoms with Crippen LogP contribution in [0.25, 0.3) is 11.5 Å². The van der Waals surface area contributed by atoms with Crippen molar-refractivity contribution in [3.63, 3.8) is 0 Å². The topological polar surface area (TPSA) is 47.6 Å². The Balaban J connectivity index is -0.0000000150. The Morgan fingerprint density at radius 3 is 1.00 bits per heavy atom. The van der Waals surface area contributed by atoms with Gasteiger partial charge in [-0.15, -0.1) is 0 Å². The molecule has 52 valence electrons. The van der Waals surface area contributed by atoms with Gasteiger partial charge in [0, 0.05) is 20.4 Å². The number of hydrogen-bond donors (Lipinski definition) is 0. The first-order valence-corrected chi connectivity index (χ1v) is 1.21. The van der Waals surface area contributed by atoms with E-state index in [1.165, 1.54) is 0 Å². The van der Waals surface area contributed by atoms with Crippen LogP contribution in [-0.4, -0.2) is 13.1 Å². The molecule has 0 saturated carbocycles. The Kier molecular flexibility index (Phi) is 93.9. The van der Waals surface area contributed by atoms with E-state index < -0.39 is 0 Å². The number of rotatable bonds is 1. The molecule has 2 nitrogen and oxygen atoms in total. The van der Waals surface area contributed by atoms with Gasteiger partial charge in [0.25, 0.3) is 0 Å². The fourth-order valence-corrected chi connectivity index (χ4v) is 0. The molecule has 0 bridgehead atoms. The zero-order valence-electron chi connectivity index (χ0n) is 3.49. The molecule has 0 aliphatic rings. The van der Waals surface area contributed by atoms with Crippen LogP contribution in [0.1, 0.15) is 0 Å². The third kappa shape index (κ3) is 40.8. The van der Waals surface area contributed by atoms with Crippen molar-refractivity contribution in [2.45, 2.75) is 0 Å². The smallest absolute Gasteiger partial charge is 0 e. The number of nitrogens with one attached hydrogen (secondary N) is 2. The summed E-state index contributed by atoms with van der Waals surface area (Å²) in [7, 11) is 0. The first-order valence-electron chi connectivity index (χ1n) is 1.21. The predicted molar refractivity (Wildman–Crippen MR) is 18.4 cm³/mol. The molecule has 0 saturated heterocycles. The molecule has 0 unspecified atom stereocenters. The third-order valence-electron chi connectivity index (χ3n) is 0.125. The summed E-state index contributed by atoms with van der Waals surface area (Å²) in [5.41, 5.74) is 12.5. The van der Waals surface area contributed by atoms with Gasteiger partial charge in [0.15, 0.2) is 0 Å². The molecule has 0 aliphatic carbocycles. The first kappa shape index (κ1) is 24.2. The van der Waals surface area contributed by atoms with Gasteiger partial charge in [0.1, 0.15) is 0 Å². The van der Waals surface area contributed by atoms with Crippen LogP contribution >= 0.6 is 0 Å². The molecule has 2 N–H and O–H groups in total. The summed E-state index contributed by atoms with van der Waals surface area (Å²) in [4.78, 5) is 0. The molecular weight excluding hydrogens is 229 g/mol. The van der Waals surface area contributed by atoms with Gasteiger partial charge in [-0.25, -0.2) is 0 Å². The molecule has 0 atom stereocenters. The van der Waals surface area contributed by atoms with Crippen LogP contribution in [0.15, 0.2) is 0 Å². The monoisotopic (exact) mass is 234 g/mol. The standard InChI is InChI=1S/C2H6N2.2ClH.Pd/c3-1-2-4;;;/h3-4H,1-2H2;2*1H;/q-2;;;/p-2. The molecule has 5 heteroatoms. The van der Waals surface area contributed by atoms with Crippen molar-refractivity contribution in [1.29, 1.82) is 0 Å². The van der Waals surface area contributed by atoms with Gasteiger partial charge in [0.2, 0.25) is 0 Å². The van der Waals surface area contributed by atoms with E-state index in [0.717, 1.165) is 0 Å². The normalized spacial score (nSPS) is 4.29. The molecule has 0 aromatic carbocycles. The van der Waals surface area contributed by atoms with Gasteiger partial charge in [-0.1, -0.05) is 0 Å².